The molecule has 160 valence electrons. The Hall–Kier alpha value is -3.18. The summed E-state index contributed by atoms with van der Waals surface area (Å²) in [4.78, 5) is 65.1. The number of nitrogens with one attached hydrogen (secondary N) is 2. The first-order valence-corrected chi connectivity index (χ1v) is 8.28. The van der Waals surface area contributed by atoms with Crippen LogP contribution < -0.4 is 10.6 Å². The number of rotatable bonds is 9. The van der Waals surface area contributed by atoms with Gasteiger partial charge < -0.3 is 30.0 Å². The van der Waals surface area contributed by atoms with E-state index in [1.54, 1.807) is 20.8 Å². The van der Waals surface area contributed by atoms with Crippen LogP contribution in [0.1, 0.15) is 34.6 Å². The van der Waals surface area contributed by atoms with Gasteiger partial charge >= 0.3 is 23.9 Å². The zero-order valence-corrected chi connectivity index (χ0v) is 16.4. The molecule has 2 amide bonds. The zero-order chi connectivity index (χ0) is 22.3. The normalized spacial score (nSPS) is 10.5. The summed E-state index contributed by atoms with van der Waals surface area (Å²) in [7, 11) is 0. The molecule has 0 aliphatic rings. The Morgan fingerprint density at radius 2 is 0.964 bits per heavy atom. The standard InChI is InChI=1S/C9H15NO5.C7H11NO5/c1-4-14-8(12)7(10-6(3)11)9(13)15-5-2;1-3-13-7(12)5(6(10)11)8-4(2)9/h7H,4-5H2,1-3H3,(H,10,11);5H,3H2,1-2H3,(H,8,9)(H,10,11). The van der Waals surface area contributed by atoms with E-state index in [1.807, 2.05) is 5.32 Å². The fourth-order valence-electron chi connectivity index (χ4n) is 1.52. The van der Waals surface area contributed by atoms with Crippen molar-refractivity contribution < 1.29 is 48.1 Å². The van der Waals surface area contributed by atoms with Crippen LogP contribution in [0.5, 0.6) is 0 Å². The summed E-state index contributed by atoms with van der Waals surface area (Å²) < 4.78 is 13.7. The van der Waals surface area contributed by atoms with E-state index in [0.717, 1.165) is 6.92 Å². The van der Waals surface area contributed by atoms with Gasteiger partial charge in [-0.1, -0.05) is 0 Å². The Bertz CT molecular complexity index is 558. The van der Waals surface area contributed by atoms with Crippen LogP contribution in [0.3, 0.4) is 0 Å². The first-order valence-electron chi connectivity index (χ1n) is 8.28. The fraction of sp³-hybridized carbons (Fsp3) is 0.625. The fourth-order valence-corrected chi connectivity index (χ4v) is 1.52. The number of carboxylic acid groups (broad SMARTS) is 1. The van der Waals surface area contributed by atoms with Gasteiger partial charge in [-0.2, -0.15) is 0 Å². The molecule has 0 aliphatic heterocycles. The highest BCUT2D eigenvalue weighted by atomic mass is 16.6. The minimum absolute atomic E-state index is 0.0716. The topological polar surface area (TPSA) is 174 Å². The van der Waals surface area contributed by atoms with Gasteiger partial charge in [-0.15, -0.1) is 0 Å². The monoisotopic (exact) mass is 406 g/mol. The van der Waals surface area contributed by atoms with Crippen LogP contribution in [-0.4, -0.2) is 72.7 Å². The molecule has 3 N–H and O–H groups in total. The Labute approximate surface area is 161 Å². The van der Waals surface area contributed by atoms with Gasteiger partial charge in [0.1, 0.15) is 0 Å². The molecule has 0 saturated carbocycles. The van der Waals surface area contributed by atoms with E-state index in [2.05, 4.69) is 19.5 Å². The van der Waals surface area contributed by atoms with Crippen LogP contribution >= 0.6 is 0 Å². The van der Waals surface area contributed by atoms with Crippen molar-refractivity contribution in [1.82, 2.24) is 10.6 Å². The summed E-state index contributed by atoms with van der Waals surface area (Å²) in [5, 5.41) is 12.6. The lowest BCUT2D eigenvalue weighted by atomic mass is 10.3. The maximum absolute atomic E-state index is 11.3. The maximum Gasteiger partial charge on any atom is 0.340 e. The molecular weight excluding hydrogens is 380 g/mol. The molecule has 0 aromatic rings. The molecule has 0 spiro atoms. The number of esters is 3. The van der Waals surface area contributed by atoms with Crippen molar-refractivity contribution in [2.75, 3.05) is 19.8 Å². The number of carbonyl (C=O) groups excluding carboxylic acids is 5. The SMILES string of the molecule is CCOC(=O)C(NC(C)=O)C(=O)O.CCOC(=O)C(NC(C)=O)C(=O)OCC. The Kier molecular flexibility index (Phi) is 14.4. The average molecular weight is 406 g/mol. The second kappa shape index (κ2) is 14.9. The summed E-state index contributed by atoms with van der Waals surface area (Å²) >= 11 is 0. The molecule has 0 radical (unpaired) electrons. The van der Waals surface area contributed by atoms with E-state index in [4.69, 9.17) is 5.11 Å². The van der Waals surface area contributed by atoms with Crippen LogP contribution in [-0.2, 0) is 43.0 Å². The van der Waals surface area contributed by atoms with Crippen LogP contribution in [0.15, 0.2) is 0 Å². The highest BCUT2D eigenvalue weighted by Gasteiger charge is 2.30. The van der Waals surface area contributed by atoms with Gasteiger partial charge in [0.15, 0.2) is 0 Å². The Morgan fingerprint density at radius 1 is 0.679 bits per heavy atom. The number of hydrogen-bond donors (Lipinski definition) is 3. The highest BCUT2D eigenvalue weighted by molar-refractivity contribution is 6.02. The molecule has 12 nitrogen and oxygen atoms in total. The summed E-state index contributed by atoms with van der Waals surface area (Å²) in [5.41, 5.74) is 0. The van der Waals surface area contributed by atoms with Crippen LogP contribution in [0.25, 0.3) is 0 Å². The first-order chi connectivity index (χ1) is 13.0. The van der Waals surface area contributed by atoms with Crippen molar-refractivity contribution in [3.63, 3.8) is 0 Å². The quantitative estimate of drug-likeness (QED) is 0.238. The number of aliphatic carboxylic acids is 1. The number of ether oxygens (including phenoxy) is 3. The van der Waals surface area contributed by atoms with Crippen LogP contribution in [0.2, 0.25) is 0 Å². The van der Waals surface area contributed by atoms with Gasteiger partial charge in [0.25, 0.3) is 0 Å². The summed E-state index contributed by atoms with van der Waals surface area (Å²) in [5.74, 6) is -5.13. The predicted octanol–water partition coefficient (Wildman–Crippen LogP) is -1.24. The van der Waals surface area contributed by atoms with Gasteiger partial charge in [-0.3, -0.25) is 9.59 Å². The number of hydrogen-bond acceptors (Lipinski definition) is 9. The van der Waals surface area contributed by atoms with Crippen molar-refractivity contribution in [1.29, 1.82) is 0 Å². The summed E-state index contributed by atoms with van der Waals surface area (Å²) in [6.45, 7) is 7.41. The lowest BCUT2D eigenvalue weighted by Crippen LogP contribution is -2.47. The van der Waals surface area contributed by atoms with Crippen molar-refractivity contribution in [3.05, 3.63) is 0 Å². The maximum atomic E-state index is 11.3. The molecule has 1 atom stereocenters. The van der Waals surface area contributed by atoms with Crippen molar-refractivity contribution in [3.8, 4) is 0 Å². The van der Waals surface area contributed by atoms with Crippen molar-refractivity contribution in [2.45, 2.75) is 46.7 Å². The largest absolute Gasteiger partial charge is 0.479 e. The summed E-state index contributed by atoms with van der Waals surface area (Å²) in [6, 6.07) is -2.99. The first kappa shape index (κ1) is 27.0. The van der Waals surface area contributed by atoms with Gasteiger partial charge in [-0.05, 0) is 20.8 Å². The van der Waals surface area contributed by atoms with Crippen LogP contribution in [0, 0.1) is 0 Å². The van der Waals surface area contributed by atoms with Gasteiger partial charge in [-0.25, -0.2) is 19.2 Å². The van der Waals surface area contributed by atoms with E-state index in [9.17, 15) is 28.8 Å². The molecule has 12 heteroatoms. The lowest BCUT2D eigenvalue weighted by molar-refractivity contribution is -0.159. The third kappa shape index (κ3) is 12.2. The zero-order valence-electron chi connectivity index (χ0n) is 16.4. The molecule has 0 saturated heterocycles. The second-order valence-electron chi connectivity index (χ2n) is 4.86. The second-order valence-corrected chi connectivity index (χ2v) is 4.86. The molecule has 0 aliphatic carbocycles. The number of carboxylic acids is 1. The average Bonchev–Trinajstić information content (AvgIpc) is 2.58. The molecule has 0 fully saturated rings. The van der Waals surface area contributed by atoms with Crippen molar-refractivity contribution in [2.24, 2.45) is 0 Å². The molecule has 1 unspecified atom stereocenters. The molecule has 28 heavy (non-hydrogen) atoms. The molecular formula is C16H26N2O10. The molecule has 0 heterocycles. The third-order valence-electron chi connectivity index (χ3n) is 2.51. The minimum Gasteiger partial charge on any atom is -0.479 e. The predicted molar refractivity (Wildman–Crippen MR) is 92.7 cm³/mol. The highest BCUT2D eigenvalue weighted by Crippen LogP contribution is 1.94. The van der Waals surface area contributed by atoms with E-state index >= 15 is 0 Å². The van der Waals surface area contributed by atoms with Crippen LogP contribution in [0.4, 0.5) is 0 Å². The minimum atomic E-state index is -1.61. The molecule has 0 bridgehead atoms. The van der Waals surface area contributed by atoms with Gasteiger partial charge in [0.05, 0.1) is 19.8 Å². The van der Waals surface area contributed by atoms with Gasteiger partial charge in [0.2, 0.25) is 23.9 Å². The van der Waals surface area contributed by atoms with Gasteiger partial charge in [0, 0.05) is 13.8 Å². The lowest BCUT2D eigenvalue weighted by Gasteiger charge is -2.14. The third-order valence-corrected chi connectivity index (χ3v) is 2.51. The van der Waals surface area contributed by atoms with E-state index in [1.165, 1.54) is 6.92 Å². The Morgan fingerprint density at radius 3 is 1.21 bits per heavy atom. The van der Waals surface area contributed by atoms with E-state index < -0.39 is 47.8 Å². The molecule has 0 rings (SSSR count). The smallest absolute Gasteiger partial charge is 0.340 e. The molecule has 0 aromatic heterocycles. The van der Waals surface area contributed by atoms with E-state index in [-0.39, 0.29) is 19.8 Å². The van der Waals surface area contributed by atoms with Crippen molar-refractivity contribution >= 4 is 35.7 Å². The van der Waals surface area contributed by atoms with E-state index in [0.29, 0.717) is 0 Å². The molecule has 0 aromatic carbocycles. The summed E-state index contributed by atoms with van der Waals surface area (Å²) in [6.07, 6.45) is 0. The Balaban J connectivity index is 0. The number of amides is 2. The number of carbonyl (C=O) groups is 6.